The summed E-state index contributed by atoms with van der Waals surface area (Å²) < 4.78 is 10.4. The van der Waals surface area contributed by atoms with Gasteiger partial charge < -0.3 is 9.47 Å². The van der Waals surface area contributed by atoms with E-state index in [9.17, 15) is 9.59 Å². The molecule has 4 nitrogen and oxygen atoms in total. The Balaban J connectivity index is 2.42. The van der Waals surface area contributed by atoms with Gasteiger partial charge in [0, 0.05) is 0 Å². The summed E-state index contributed by atoms with van der Waals surface area (Å²) in [5.41, 5.74) is 0. The molecule has 0 aromatic heterocycles. The fourth-order valence-electron chi connectivity index (χ4n) is 4.41. The van der Waals surface area contributed by atoms with E-state index in [1.807, 2.05) is 0 Å². The number of unbranched alkanes of at least 4 members (excludes halogenated alkanes) is 1. The lowest BCUT2D eigenvalue weighted by Gasteiger charge is -2.33. The van der Waals surface area contributed by atoms with E-state index < -0.39 is 0 Å². The van der Waals surface area contributed by atoms with Crippen molar-refractivity contribution in [2.24, 2.45) is 29.6 Å². The maximum absolute atomic E-state index is 12.4. The third kappa shape index (κ3) is 9.43. The molecule has 0 aromatic rings. The fourth-order valence-corrected chi connectivity index (χ4v) is 4.41. The third-order valence-electron chi connectivity index (χ3n) is 6.30. The molecule has 0 heterocycles. The Morgan fingerprint density at radius 1 is 0.929 bits per heavy atom. The molecule has 0 amide bonds. The first-order chi connectivity index (χ1) is 13.4. The SMILES string of the molecule is CCCCOC(=O)C1CCC(CCCC(C)CCCC(C)C)CC1C(=O)OC. The number of esters is 2. The van der Waals surface area contributed by atoms with Crippen LogP contribution in [0, 0.1) is 29.6 Å². The van der Waals surface area contributed by atoms with Gasteiger partial charge in [-0.3, -0.25) is 9.59 Å². The van der Waals surface area contributed by atoms with Crippen LogP contribution < -0.4 is 0 Å². The lowest BCUT2D eigenvalue weighted by Crippen LogP contribution is -2.37. The van der Waals surface area contributed by atoms with Crippen molar-refractivity contribution in [1.29, 1.82) is 0 Å². The average molecular weight is 397 g/mol. The fraction of sp³-hybridized carbons (Fsp3) is 0.917. The Kier molecular flexibility index (Phi) is 12.5. The van der Waals surface area contributed by atoms with E-state index in [0.717, 1.165) is 50.4 Å². The maximum atomic E-state index is 12.4. The molecule has 1 aliphatic carbocycles. The third-order valence-corrected chi connectivity index (χ3v) is 6.30. The summed E-state index contributed by atoms with van der Waals surface area (Å²) in [5, 5.41) is 0. The Labute approximate surface area is 173 Å². The van der Waals surface area contributed by atoms with Gasteiger partial charge in [0.1, 0.15) is 0 Å². The predicted molar refractivity (Wildman–Crippen MR) is 114 cm³/mol. The first kappa shape index (κ1) is 25.0. The molecule has 164 valence electrons. The molecular weight excluding hydrogens is 352 g/mol. The van der Waals surface area contributed by atoms with Crippen molar-refractivity contribution in [2.45, 2.75) is 98.3 Å². The van der Waals surface area contributed by atoms with Crippen molar-refractivity contribution in [3.63, 3.8) is 0 Å². The zero-order valence-corrected chi connectivity index (χ0v) is 19.0. The van der Waals surface area contributed by atoms with E-state index >= 15 is 0 Å². The molecule has 0 aliphatic heterocycles. The zero-order valence-electron chi connectivity index (χ0n) is 19.0. The number of hydrogen-bond acceptors (Lipinski definition) is 4. The highest BCUT2D eigenvalue weighted by Crippen LogP contribution is 2.38. The van der Waals surface area contributed by atoms with Gasteiger partial charge in [0.25, 0.3) is 0 Å². The first-order valence-electron chi connectivity index (χ1n) is 11.6. The molecule has 1 fully saturated rings. The minimum atomic E-state index is -0.332. The van der Waals surface area contributed by atoms with Gasteiger partial charge in [-0.25, -0.2) is 0 Å². The Morgan fingerprint density at radius 3 is 2.29 bits per heavy atom. The molecule has 0 aromatic carbocycles. The summed E-state index contributed by atoms with van der Waals surface area (Å²) in [7, 11) is 1.42. The van der Waals surface area contributed by atoms with Crippen LogP contribution in [0.3, 0.4) is 0 Å². The quantitative estimate of drug-likeness (QED) is 0.276. The molecule has 28 heavy (non-hydrogen) atoms. The molecular formula is C24H44O4. The van der Waals surface area contributed by atoms with Gasteiger partial charge in [0.2, 0.25) is 0 Å². The molecule has 4 atom stereocenters. The molecule has 0 N–H and O–H groups in total. The standard InChI is InChI=1S/C24H44O4/c1-6-7-16-28-24(26)21-15-14-20(17-22(21)23(25)27-5)13-9-12-19(4)11-8-10-18(2)3/h18-22H,6-17H2,1-5H3. The minimum Gasteiger partial charge on any atom is -0.469 e. The van der Waals surface area contributed by atoms with E-state index in [-0.39, 0.29) is 23.8 Å². The zero-order chi connectivity index (χ0) is 20.9. The highest BCUT2D eigenvalue weighted by Gasteiger charge is 2.40. The second-order valence-electron chi connectivity index (χ2n) is 9.30. The monoisotopic (exact) mass is 396 g/mol. The van der Waals surface area contributed by atoms with Gasteiger partial charge in [-0.2, -0.15) is 0 Å². The Hall–Kier alpha value is -1.06. The van der Waals surface area contributed by atoms with E-state index in [2.05, 4.69) is 27.7 Å². The molecule has 1 saturated carbocycles. The lowest BCUT2D eigenvalue weighted by molar-refractivity contribution is -0.162. The Bertz CT molecular complexity index is 446. The predicted octanol–water partition coefficient (Wildman–Crippen LogP) is 6.17. The normalized spacial score (nSPS) is 23.4. The van der Waals surface area contributed by atoms with Crippen LogP contribution in [0.5, 0.6) is 0 Å². The lowest BCUT2D eigenvalue weighted by atomic mass is 9.72. The van der Waals surface area contributed by atoms with Crippen LogP contribution in [0.25, 0.3) is 0 Å². The number of rotatable bonds is 13. The van der Waals surface area contributed by atoms with Crippen molar-refractivity contribution in [3.8, 4) is 0 Å². The molecule has 0 bridgehead atoms. The van der Waals surface area contributed by atoms with Crippen LogP contribution in [0.1, 0.15) is 98.3 Å². The second-order valence-corrected chi connectivity index (χ2v) is 9.30. The first-order valence-corrected chi connectivity index (χ1v) is 11.6. The maximum Gasteiger partial charge on any atom is 0.309 e. The number of methoxy groups -OCH3 is 1. The number of carbonyl (C=O) groups is 2. The van der Waals surface area contributed by atoms with Crippen LogP contribution >= 0.6 is 0 Å². The average Bonchev–Trinajstić information content (AvgIpc) is 2.67. The molecule has 0 radical (unpaired) electrons. The summed E-state index contributed by atoms with van der Waals surface area (Å²) >= 11 is 0. The molecule has 0 saturated heterocycles. The van der Waals surface area contributed by atoms with E-state index in [1.165, 1.54) is 39.2 Å². The van der Waals surface area contributed by atoms with Crippen molar-refractivity contribution in [3.05, 3.63) is 0 Å². The summed E-state index contributed by atoms with van der Waals surface area (Å²) in [6, 6.07) is 0. The molecule has 0 spiro atoms. The summed E-state index contributed by atoms with van der Waals surface area (Å²) in [6.45, 7) is 9.47. The van der Waals surface area contributed by atoms with Gasteiger partial charge in [0.15, 0.2) is 0 Å². The topological polar surface area (TPSA) is 52.6 Å². The highest BCUT2D eigenvalue weighted by atomic mass is 16.5. The largest absolute Gasteiger partial charge is 0.469 e. The van der Waals surface area contributed by atoms with Gasteiger partial charge in [-0.1, -0.05) is 72.6 Å². The van der Waals surface area contributed by atoms with Gasteiger partial charge in [-0.05, 0) is 43.4 Å². The molecule has 4 unspecified atom stereocenters. The van der Waals surface area contributed by atoms with Crippen LogP contribution in [-0.2, 0) is 19.1 Å². The van der Waals surface area contributed by atoms with Gasteiger partial charge in [-0.15, -0.1) is 0 Å². The highest BCUT2D eigenvalue weighted by molar-refractivity contribution is 5.82. The van der Waals surface area contributed by atoms with Gasteiger partial charge >= 0.3 is 11.9 Å². The van der Waals surface area contributed by atoms with Crippen LogP contribution in [0.15, 0.2) is 0 Å². The van der Waals surface area contributed by atoms with Crippen molar-refractivity contribution in [1.82, 2.24) is 0 Å². The van der Waals surface area contributed by atoms with Crippen LogP contribution in [0.4, 0.5) is 0 Å². The summed E-state index contributed by atoms with van der Waals surface area (Å²) in [5.74, 6) is 0.986. The summed E-state index contributed by atoms with van der Waals surface area (Å²) in [4.78, 5) is 24.7. The van der Waals surface area contributed by atoms with Gasteiger partial charge in [0.05, 0.1) is 25.6 Å². The van der Waals surface area contributed by atoms with Crippen molar-refractivity contribution < 1.29 is 19.1 Å². The van der Waals surface area contributed by atoms with E-state index in [0.29, 0.717) is 12.5 Å². The second kappa shape index (κ2) is 14.0. The van der Waals surface area contributed by atoms with Crippen molar-refractivity contribution in [2.75, 3.05) is 13.7 Å². The number of carbonyl (C=O) groups excluding carboxylic acids is 2. The number of hydrogen-bond donors (Lipinski definition) is 0. The summed E-state index contributed by atoms with van der Waals surface area (Å²) in [6.07, 6.45) is 12.0. The van der Waals surface area contributed by atoms with Crippen LogP contribution in [0.2, 0.25) is 0 Å². The van der Waals surface area contributed by atoms with E-state index in [4.69, 9.17) is 9.47 Å². The van der Waals surface area contributed by atoms with E-state index in [1.54, 1.807) is 0 Å². The molecule has 4 heteroatoms. The molecule has 1 rings (SSSR count). The molecule has 1 aliphatic rings. The van der Waals surface area contributed by atoms with Crippen LogP contribution in [-0.4, -0.2) is 25.7 Å². The minimum absolute atomic E-state index is 0.207. The smallest absolute Gasteiger partial charge is 0.309 e. The number of ether oxygens (including phenoxy) is 2. The Morgan fingerprint density at radius 2 is 1.64 bits per heavy atom. The van der Waals surface area contributed by atoms with Crippen molar-refractivity contribution >= 4 is 11.9 Å².